The molecular formula is C12H15N5O. The highest BCUT2D eigenvalue weighted by Crippen LogP contribution is 2.16. The molecule has 0 aliphatic carbocycles. The van der Waals surface area contributed by atoms with Gasteiger partial charge in [0.15, 0.2) is 0 Å². The fourth-order valence-electron chi connectivity index (χ4n) is 2.15. The minimum absolute atomic E-state index is 0.468. The summed E-state index contributed by atoms with van der Waals surface area (Å²) < 4.78 is 5.22. The quantitative estimate of drug-likeness (QED) is 0.868. The minimum Gasteiger partial charge on any atom is -0.339 e. The van der Waals surface area contributed by atoms with Crippen molar-refractivity contribution >= 4 is 0 Å². The van der Waals surface area contributed by atoms with Gasteiger partial charge in [0, 0.05) is 18.8 Å². The van der Waals surface area contributed by atoms with Gasteiger partial charge < -0.3 is 9.84 Å². The molecule has 1 aliphatic heterocycles. The van der Waals surface area contributed by atoms with Gasteiger partial charge in [0.25, 0.3) is 0 Å². The van der Waals surface area contributed by atoms with Crippen molar-refractivity contribution in [2.24, 2.45) is 5.92 Å². The second-order valence-corrected chi connectivity index (χ2v) is 4.48. The van der Waals surface area contributed by atoms with Crippen LogP contribution in [0.15, 0.2) is 23.0 Å². The van der Waals surface area contributed by atoms with Crippen LogP contribution in [0.4, 0.5) is 0 Å². The first-order chi connectivity index (χ1) is 8.92. The SMILES string of the molecule is c1cnc(-c2noc(CCC3CCNC3)n2)nc1. The molecule has 0 amide bonds. The molecular weight excluding hydrogens is 230 g/mol. The molecule has 6 heteroatoms. The van der Waals surface area contributed by atoms with E-state index in [9.17, 15) is 0 Å². The van der Waals surface area contributed by atoms with Crippen molar-refractivity contribution in [2.45, 2.75) is 19.3 Å². The van der Waals surface area contributed by atoms with Crippen LogP contribution in [0.3, 0.4) is 0 Å². The van der Waals surface area contributed by atoms with Gasteiger partial charge in [0.2, 0.25) is 17.5 Å². The molecule has 1 aliphatic rings. The lowest BCUT2D eigenvalue weighted by atomic mass is 10.0. The molecule has 0 aromatic carbocycles. The summed E-state index contributed by atoms with van der Waals surface area (Å²) in [5.41, 5.74) is 0. The number of hydrogen-bond donors (Lipinski definition) is 1. The Labute approximate surface area is 105 Å². The zero-order chi connectivity index (χ0) is 12.2. The first-order valence-electron chi connectivity index (χ1n) is 6.22. The zero-order valence-electron chi connectivity index (χ0n) is 10.0. The number of aromatic nitrogens is 4. The normalized spacial score (nSPS) is 19.2. The van der Waals surface area contributed by atoms with Gasteiger partial charge in [-0.15, -0.1) is 0 Å². The summed E-state index contributed by atoms with van der Waals surface area (Å²) in [7, 11) is 0. The highest BCUT2D eigenvalue weighted by Gasteiger charge is 2.16. The van der Waals surface area contributed by atoms with E-state index in [4.69, 9.17) is 4.52 Å². The number of nitrogens with one attached hydrogen (secondary N) is 1. The summed E-state index contributed by atoms with van der Waals surface area (Å²) in [6, 6.07) is 1.76. The van der Waals surface area contributed by atoms with E-state index in [1.165, 1.54) is 6.42 Å². The van der Waals surface area contributed by atoms with Gasteiger partial charge in [-0.05, 0) is 37.9 Å². The Morgan fingerprint density at radius 1 is 1.28 bits per heavy atom. The molecule has 3 rings (SSSR count). The van der Waals surface area contributed by atoms with Crippen LogP contribution in [0.1, 0.15) is 18.7 Å². The van der Waals surface area contributed by atoms with E-state index in [2.05, 4.69) is 25.4 Å². The summed E-state index contributed by atoms with van der Waals surface area (Å²) in [6.45, 7) is 2.22. The van der Waals surface area contributed by atoms with Gasteiger partial charge in [-0.25, -0.2) is 9.97 Å². The lowest BCUT2D eigenvalue weighted by Crippen LogP contribution is -2.09. The second-order valence-electron chi connectivity index (χ2n) is 4.48. The molecule has 1 fully saturated rings. The van der Waals surface area contributed by atoms with Gasteiger partial charge >= 0.3 is 0 Å². The zero-order valence-corrected chi connectivity index (χ0v) is 10.0. The van der Waals surface area contributed by atoms with Gasteiger partial charge in [-0.3, -0.25) is 0 Å². The first kappa shape index (κ1) is 11.3. The van der Waals surface area contributed by atoms with Crippen LogP contribution in [-0.4, -0.2) is 33.2 Å². The predicted octanol–water partition coefficient (Wildman–Crippen LogP) is 1.07. The van der Waals surface area contributed by atoms with Gasteiger partial charge in [-0.2, -0.15) is 4.98 Å². The molecule has 94 valence electrons. The lowest BCUT2D eigenvalue weighted by molar-refractivity contribution is 0.365. The standard InChI is InChI=1S/C12H15N5O/c1-5-14-11(15-6-1)12-16-10(18-17-12)3-2-9-4-7-13-8-9/h1,5-6,9,13H,2-4,7-8H2. The van der Waals surface area contributed by atoms with Gasteiger partial charge in [-0.1, -0.05) is 5.16 Å². The molecule has 1 atom stereocenters. The minimum atomic E-state index is 0.468. The van der Waals surface area contributed by atoms with Crippen LogP contribution < -0.4 is 5.32 Å². The Morgan fingerprint density at radius 2 is 2.17 bits per heavy atom. The molecule has 18 heavy (non-hydrogen) atoms. The third-order valence-electron chi connectivity index (χ3n) is 3.16. The molecule has 3 heterocycles. The third kappa shape index (κ3) is 2.53. The first-order valence-corrected chi connectivity index (χ1v) is 6.22. The van der Waals surface area contributed by atoms with Crippen LogP contribution in [-0.2, 0) is 6.42 Å². The molecule has 2 aromatic rings. The summed E-state index contributed by atoms with van der Waals surface area (Å²) >= 11 is 0. The molecule has 1 N–H and O–H groups in total. The molecule has 6 nitrogen and oxygen atoms in total. The predicted molar refractivity (Wildman–Crippen MR) is 64.6 cm³/mol. The van der Waals surface area contributed by atoms with Crippen molar-refractivity contribution in [3.8, 4) is 11.6 Å². The maximum Gasteiger partial charge on any atom is 0.240 e. The maximum absolute atomic E-state index is 5.22. The Bertz CT molecular complexity index is 492. The van der Waals surface area contributed by atoms with E-state index < -0.39 is 0 Å². The topological polar surface area (TPSA) is 76.7 Å². The van der Waals surface area contributed by atoms with Crippen molar-refractivity contribution in [1.29, 1.82) is 0 Å². The van der Waals surface area contributed by atoms with Crippen molar-refractivity contribution in [3.63, 3.8) is 0 Å². The van der Waals surface area contributed by atoms with E-state index in [-0.39, 0.29) is 0 Å². The molecule has 0 bridgehead atoms. The number of hydrogen-bond acceptors (Lipinski definition) is 6. The maximum atomic E-state index is 5.22. The van der Waals surface area contributed by atoms with E-state index in [1.807, 2.05) is 0 Å². The summed E-state index contributed by atoms with van der Waals surface area (Å²) in [4.78, 5) is 12.5. The van der Waals surface area contributed by atoms with Crippen molar-refractivity contribution < 1.29 is 4.52 Å². The number of nitrogens with zero attached hydrogens (tertiary/aromatic N) is 4. The third-order valence-corrected chi connectivity index (χ3v) is 3.16. The summed E-state index contributed by atoms with van der Waals surface area (Å²) in [5.74, 6) is 2.38. The molecule has 0 spiro atoms. The highest BCUT2D eigenvalue weighted by atomic mass is 16.5. The molecule has 0 radical (unpaired) electrons. The number of aryl methyl sites for hydroxylation is 1. The van der Waals surface area contributed by atoms with Crippen LogP contribution in [0.2, 0.25) is 0 Å². The average molecular weight is 245 g/mol. The monoisotopic (exact) mass is 245 g/mol. The second kappa shape index (κ2) is 5.22. The Morgan fingerprint density at radius 3 is 2.94 bits per heavy atom. The van der Waals surface area contributed by atoms with Crippen molar-refractivity contribution in [3.05, 3.63) is 24.4 Å². The van der Waals surface area contributed by atoms with Crippen molar-refractivity contribution in [2.75, 3.05) is 13.1 Å². The van der Waals surface area contributed by atoms with Crippen molar-refractivity contribution in [1.82, 2.24) is 25.4 Å². The molecule has 1 saturated heterocycles. The van der Waals surface area contributed by atoms with Gasteiger partial charge in [0.05, 0.1) is 0 Å². The smallest absolute Gasteiger partial charge is 0.240 e. The van der Waals surface area contributed by atoms with E-state index in [0.717, 1.165) is 31.8 Å². The Kier molecular flexibility index (Phi) is 3.27. The highest BCUT2D eigenvalue weighted by molar-refractivity contribution is 5.40. The van der Waals surface area contributed by atoms with E-state index in [0.29, 0.717) is 17.5 Å². The van der Waals surface area contributed by atoms with E-state index >= 15 is 0 Å². The summed E-state index contributed by atoms with van der Waals surface area (Å²) in [5, 5.41) is 7.26. The molecule has 1 unspecified atom stereocenters. The van der Waals surface area contributed by atoms with Crippen LogP contribution >= 0.6 is 0 Å². The van der Waals surface area contributed by atoms with Gasteiger partial charge in [0.1, 0.15) is 0 Å². The van der Waals surface area contributed by atoms with Crippen LogP contribution in [0.5, 0.6) is 0 Å². The van der Waals surface area contributed by atoms with Crippen LogP contribution in [0, 0.1) is 5.92 Å². The van der Waals surface area contributed by atoms with Crippen LogP contribution in [0.25, 0.3) is 11.6 Å². The average Bonchev–Trinajstić information content (AvgIpc) is 3.09. The Hall–Kier alpha value is -1.82. The summed E-state index contributed by atoms with van der Waals surface area (Å²) in [6.07, 6.45) is 6.49. The fourth-order valence-corrected chi connectivity index (χ4v) is 2.15. The largest absolute Gasteiger partial charge is 0.339 e. The molecule has 2 aromatic heterocycles. The Balaban J connectivity index is 1.63. The molecule has 0 saturated carbocycles. The fraction of sp³-hybridized carbons (Fsp3) is 0.500. The number of rotatable bonds is 4. The van der Waals surface area contributed by atoms with E-state index in [1.54, 1.807) is 18.5 Å². The lowest BCUT2D eigenvalue weighted by Gasteiger charge is -2.03.